The summed E-state index contributed by atoms with van der Waals surface area (Å²) in [6, 6.07) is 22.5. The Bertz CT molecular complexity index is 1290. The number of aromatic nitrogens is 3. The molecule has 0 aliphatic carbocycles. The van der Waals surface area contributed by atoms with Crippen LogP contribution in [-0.4, -0.2) is 39.7 Å². The lowest BCUT2D eigenvalue weighted by atomic mass is 10.2. The number of nitrogens with zero attached hydrogens (tertiary/aromatic N) is 4. The molecule has 3 aromatic carbocycles. The fourth-order valence-electron chi connectivity index (χ4n) is 3.00. The topological polar surface area (TPSA) is 81.4 Å². The van der Waals surface area contributed by atoms with Crippen molar-refractivity contribution >= 4 is 51.4 Å². The first-order valence-electron chi connectivity index (χ1n) is 10.1. The van der Waals surface area contributed by atoms with Gasteiger partial charge in [-0.3, -0.25) is 9.36 Å². The molecule has 172 valence electrons. The van der Waals surface area contributed by atoms with E-state index in [4.69, 9.17) is 16.3 Å². The van der Waals surface area contributed by atoms with E-state index >= 15 is 0 Å². The monoisotopic (exact) mass is 555 g/mol. The van der Waals surface area contributed by atoms with Gasteiger partial charge in [0, 0.05) is 20.7 Å². The maximum Gasteiger partial charge on any atom is 0.250 e. The third-order valence-electron chi connectivity index (χ3n) is 4.67. The van der Waals surface area contributed by atoms with Crippen LogP contribution in [0.25, 0.3) is 17.1 Å². The summed E-state index contributed by atoms with van der Waals surface area (Å²) in [6.07, 6.45) is 1.59. The van der Waals surface area contributed by atoms with E-state index in [9.17, 15) is 4.79 Å². The molecule has 0 saturated carbocycles. The number of hydrogen-bond acceptors (Lipinski definition) is 6. The minimum Gasteiger partial charge on any atom is -0.497 e. The van der Waals surface area contributed by atoms with Crippen molar-refractivity contribution in [2.45, 2.75) is 5.16 Å². The Morgan fingerprint density at radius 1 is 1.09 bits per heavy atom. The van der Waals surface area contributed by atoms with E-state index < -0.39 is 0 Å². The average molecular weight is 557 g/mol. The zero-order valence-electron chi connectivity index (χ0n) is 18.0. The average Bonchev–Trinajstić information content (AvgIpc) is 3.28. The summed E-state index contributed by atoms with van der Waals surface area (Å²) in [6.45, 7) is 0. The van der Waals surface area contributed by atoms with Gasteiger partial charge in [-0.25, -0.2) is 5.43 Å². The van der Waals surface area contributed by atoms with Gasteiger partial charge in [0.15, 0.2) is 11.0 Å². The second kappa shape index (κ2) is 11.3. The molecule has 0 radical (unpaired) electrons. The molecule has 4 rings (SSSR count). The van der Waals surface area contributed by atoms with Crippen molar-refractivity contribution in [2.75, 3.05) is 12.9 Å². The summed E-state index contributed by atoms with van der Waals surface area (Å²) in [5.74, 6) is 1.25. The van der Waals surface area contributed by atoms with Gasteiger partial charge in [-0.1, -0.05) is 51.4 Å². The normalized spacial score (nSPS) is 11.0. The second-order valence-corrected chi connectivity index (χ2v) is 9.27. The Labute approximate surface area is 214 Å². The number of nitrogens with one attached hydrogen (secondary N) is 1. The maximum atomic E-state index is 12.4. The van der Waals surface area contributed by atoms with Crippen LogP contribution < -0.4 is 10.2 Å². The first kappa shape index (κ1) is 24.0. The summed E-state index contributed by atoms with van der Waals surface area (Å²) in [5.41, 5.74) is 5.11. The number of carbonyl (C=O) groups excluding carboxylic acids is 1. The Balaban J connectivity index is 1.51. The number of hydrogen-bond donors (Lipinski definition) is 1. The van der Waals surface area contributed by atoms with Gasteiger partial charge < -0.3 is 4.74 Å². The van der Waals surface area contributed by atoms with Crippen LogP contribution >= 0.6 is 39.3 Å². The Kier molecular flexibility index (Phi) is 7.99. The van der Waals surface area contributed by atoms with Crippen molar-refractivity contribution in [1.29, 1.82) is 0 Å². The van der Waals surface area contributed by atoms with Gasteiger partial charge >= 0.3 is 0 Å². The van der Waals surface area contributed by atoms with E-state index in [1.165, 1.54) is 11.8 Å². The van der Waals surface area contributed by atoms with Gasteiger partial charge in [0.25, 0.3) is 5.91 Å². The molecule has 34 heavy (non-hydrogen) atoms. The van der Waals surface area contributed by atoms with Crippen LogP contribution in [0.4, 0.5) is 0 Å². The number of rotatable bonds is 8. The first-order valence-corrected chi connectivity index (χ1v) is 12.2. The molecule has 0 aliphatic heterocycles. The molecule has 10 heteroatoms. The minimum absolute atomic E-state index is 0.117. The van der Waals surface area contributed by atoms with Crippen LogP contribution in [0.15, 0.2) is 87.5 Å². The summed E-state index contributed by atoms with van der Waals surface area (Å²) in [4.78, 5) is 12.4. The summed E-state index contributed by atoms with van der Waals surface area (Å²) in [7, 11) is 1.62. The van der Waals surface area contributed by atoms with Gasteiger partial charge in [0.2, 0.25) is 0 Å². The maximum absolute atomic E-state index is 12.4. The molecule has 0 spiro atoms. The van der Waals surface area contributed by atoms with Crippen LogP contribution in [0.3, 0.4) is 0 Å². The molecule has 0 bridgehead atoms. The van der Waals surface area contributed by atoms with Crippen LogP contribution in [0.5, 0.6) is 5.75 Å². The number of carbonyl (C=O) groups is 1. The zero-order chi connectivity index (χ0) is 23.9. The summed E-state index contributed by atoms with van der Waals surface area (Å²) in [5, 5.41) is 13.9. The smallest absolute Gasteiger partial charge is 0.250 e. The van der Waals surface area contributed by atoms with E-state index in [-0.39, 0.29) is 11.7 Å². The lowest BCUT2D eigenvalue weighted by Crippen LogP contribution is -2.20. The molecule has 0 atom stereocenters. The Morgan fingerprint density at radius 3 is 2.47 bits per heavy atom. The number of amides is 1. The lowest BCUT2D eigenvalue weighted by Gasteiger charge is -2.11. The first-order chi connectivity index (χ1) is 16.5. The van der Waals surface area contributed by atoms with Gasteiger partial charge in [-0.15, -0.1) is 10.2 Å². The van der Waals surface area contributed by atoms with Gasteiger partial charge in [0.05, 0.1) is 19.1 Å². The summed E-state index contributed by atoms with van der Waals surface area (Å²) < 4.78 is 8.12. The van der Waals surface area contributed by atoms with E-state index in [1.807, 2.05) is 65.2 Å². The molecule has 1 N–H and O–H groups in total. The van der Waals surface area contributed by atoms with Gasteiger partial charge in [-0.2, -0.15) is 5.10 Å². The number of hydrazone groups is 1. The van der Waals surface area contributed by atoms with Crippen molar-refractivity contribution in [2.24, 2.45) is 5.10 Å². The van der Waals surface area contributed by atoms with Crippen LogP contribution in [0, 0.1) is 0 Å². The third kappa shape index (κ3) is 6.05. The van der Waals surface area contributed by atoms with Crippen molar-refractivity contribution < 1.29 is 9.53 Å². The van der Waals surface area contributed by atoms with Crippen molar-refractivity contribution in [3.05, 3.63) is 87.9 Å². The lowest BCUT2D eigenvalue weighted by molar-refractivity contribution is -0.118. The predicted octanol–water partition coefficient (Wildman–Crippen LogP) is 5.60. The molecule has 4 aromatic rings. The van der Waals surface area contributed by atoms with Crippen LogP contribution in [-0.2, 0) is 4.79 Å². The highest BCUT2D eigenvalue weighted by Gasteiger charge is 2.17. The highest BCUT2D eigenvalue weighted by Crippen LogP contribution is 2.29. The fourth-order valence-corrected chi connectivity index (χ4v) is 4.14. The SMILES string of the molecule is COc1ccc(-c2nnc(SCC(=O)NN=Cc3ccc(Br)cc3)n2-c2ccc(Cl)cc2)cc1. The van der Waals surface area contributed by atoms with Crippen molar-refractivity contribution in [3.8, 4) is 22.8 Å². The zero-order valence-corrected chi connectivity index (χ0v) is 21.1. The second-order valence-electron chi connectivity index (χ2n) is 6.98. The quantitative estimate of drug-likeness (QED) is 0.174. The number of thioether (sulfide) groups is 1. The number of methoxy groups -OCH3 is 1. The largest absolute Gasteiger partial charge is 0.497 e. The van der Waals surface area contributed by atoms with Crippen molar-refractivity contribution in [3.63, 3.8) is 0 Å². The molecule has 1 aromatic heterocycles. The molecular weight excluding hydrogens is 538 g/mol. The molecule has 7 nitrogen and oxygen atoms in total. The van der Waals surface area contributed by atoms with E-state index in [2.05, 4.69) is 36.7 Å². The van der Waals surface area contributed by atoms with Gasteiger partial charge in [0.1, 0.15) is 5.75 Å². The number of benzene rings is 3. The molecule has 1 heterocycles. The van der Waals surface area contributed by atoms with Crippen LogP contribution in [0.2, 0.25) is 5.02 Å². The molecule has 0 unspecified atom stereocenters. The highest BCUT2D eigenvalue weighted by atomic mass is 79.9. The Morgan fingerprint density at radius 2 is 1.79 bits per heavy atom. The molecule has 0 aliphatic rings. The molecule has 0 fully saturated rings. The van der Waals surface area contributed by atoms with Crippen LogP contribution in [0.1, 0.15) is 5.56 Å². The molecule has 1 amide bonds. The standard InChI is InChI=1S/C24H19BrClN5O2S/c1-33-21-12-4-17(5-13-21)23-29-30-24(31(23)20-10-8-19(26)9-11-20)34-15-22(32)28-27-14-16-2-6-18(25)7-3-16/h2-14H,15H2,1H3,(H,28,32). The Hall–Kier alpha value is -3.14. The van der Waals surface area contributed by atoms with E-state index in [0.29, 0.717) is 16.0 Å². The minimum atomic E-state index is -0.255. The summed E-state index contributed by atoms with van der Waals surface area (Å²) >= 11 is 10.7. The highest BCUT2D eigenvalue weighted by molar-refractivity contribution is 9.10. The predicted molar refractivity (Wildman–Crippen MR) is 139 cm³/mol. The fraction of sp³-hybridized carbons (Fsp3) is 0.0833. The number of ether oxygens (including phenoxy) is 1. The molecule has 0 saturated heterocycles. The van der Waals surface area contributed by atoms with E-state index in [1.54, 1.807) is 25.5 Å². The number of halogens is 2. The van der Waals surface area contributed by atoms with Crippen molar-refractivity contribution in [1.82, 2.24) is 20.2 Å². The van der Waals surface area contributed by atoms with E-state index in [0.717, 1.165) is 27.0 Å². The van der Waals surface area contributed by atoms with Gasteiger partial charge in [-0.05, 0) is 66.2 Å². The molecular formula is C24H19BrClN5O2S. The third-order valence-corrected chi connectivity index (χ3v) is 6.38.